The standard InChI is InChI=1S/C65H125NO5/c1-3-5-7-9-11-13-15-17-19-21-23-24-26-27-29-33-37-41-45-49-53-57-63(68)62(61-67)66-64(69)58-54-50-46-42-38-34-31-32-36-40-44-48-52-56-60-71-65(70)59-55-51-47-43-39-35-30-28-25-22-20-18-16-14-12-10-8-6-4-2/h18,20,53,57,62-63,67-68H,3-17,19,21-52,54-56,58-61H2,1-2H3,(H,66,69)/b20-18-,57-53+. The Morgan fingerprint density at radius 3 is 1.00 bits per heavy atom. The first kappa shape index (κ1) is 69.3. The zero-order valence-electron chi connectivity index (χ0n) is 48.0. The minimum atomic E-state index is -0.853. The van der Waals surface area contributed by atoms with Gasteiger partial charge in [0.05, 0.1) is 25.4 Å². The van der Waals surface area contributed by atoms with Crippen molar-refractivity contribution in [3.63, 3.8) is 0 Å². The highest BCUT2D eigenvalue weighted by molar-refractivity contribution is 5.76. The Labute approximate surface area is 443 Å². The number of hydrogen-bond donors (Lipinski definition) is 3. The summed E-state index contributed by atoms with van der Waals surface area (Å²) >= 11 is 0. The summed E-state index contributed by atoms with van der Waals surface area (Å²) in [6.45, 7) is 4.91. The van der Waals surface area contributed by atoms with Crippen molar-refractivity contribution in [3.05, 3.63) is 24.3 Å². The molecule has 0 radical (unpaired) electrons. The smallest absolute Gasteiger partial charge is 0.305 e. The topological polar surface area (TPSA) is 95.9 Å². The fourth-order valence-corrected chi connectivity index (χ4v) is 10.0. The summed E-state index contributed by atoms with van der Waals surface area (Å²) in [4.78, 5) is 24.6. The van der Waals surface area contributed by atoms with Crippen LogP contribution in [-0.2, 0) is 14.3 Å². The van der Waals surface area contributed by atoms with Gasteiger partial charge >= 0.3 is 5.97 Å². The lowest BCUT2D eigenvalue weighted by Crippen LogP contribution is -2.45. The molecule has 0 saturated carbocycles. The Hall–Kier alpha value is -1.66. The fraction of sp³-hybridized carbons (Fsp3) is 0.908. The van der Waals surface area contributed by atoms with Gasteiger partial charge in [0.15, 0.2) is 0 Å². The Bertz CT molecular complexity index is 1110. The molecule has 3 N–H and O–H groups in total. The first-order valence-electron chi connectivity index (χ1n) is 32.1. The third-order valence-electron chi connectivity index (χ3n) is 15.0. The van der Waals surface area contributed by atoms with Crippen molar-refractivity contribution in [2.24, 2.45) is 0 Å². The minimum Gasteiger partial charge on any atom is -0.466 e. The number of unbranched alkanes of at least 4 members (excludes halogenated alkanes) is 47. The monoisotopic (exact) mass is 1000 g/mol. The summed E-state index contributed by atoms with van der Waals surface area (Å²) in [7, 11) is 0. The number of amides is 1. The average Bonchev–Trinajstić information content (AvgIpc) is 3.37. The molecule has 0 aliphatic rings. The summed E-state index contributed by atoms with van der Waals surface area (Å²) in [6.07, 6.45) is 75.0. The second-order valence-corrected chi connectivity index (χ2v) is 22.1. The first-order chi connectivity index (χ1) is 35.0. The van der Waals surface area contributed by atoms with Crippen LogP contribution in [0.5, 0.6) is 0 Å². The van der Waals surface area contributed by atoms with Crippen LogP contribution in [0, 0.1) is 0 Å². The van der Waals surface area contributed by atoms with Gasteiger partial charge in [0.2, 0.25) is 5.91 Å². The molecule has 420 valence electrons. The third-order valence-corrected chi connectivity index (χ3v) is 15.0. The quantitative estimate of drug-likeness (QED) is 0.0320. The van der Waals surface area contributed by atoms with E-state index < -0.39 is 12.1 Å². The number of ether oxygens (including phenoxy) is 1. The molecule has 0 aliphatic heterocycles. The van der Waals surface area contributed by atoms with E-state index in [9.17, 15) is 19.8 Å². The maximum atomic E-state index is 12.5. The van der Waals surface area contributed by atoms with Gasteiger partial charge in [-0.2, -0.15) is 0 Å². The molecular formula is C65H125NO5. The number of esters is 1. The van der Waals surface area contributed by atoms with E-state index in [1.165, 1.54) is 270 Å². The van der Waals surface area contributed by atoms with Crippen LogP contribution in [0.25, 0.3) is 0 Å². The zero-order valence-corrected chi connectivity index (χ0v) is 48.0. The molecule has 0 bridgehead atoms. The van der Waals surface area contributed by atoms with Crippen LogP contribution < -0.4 is 5.32 Å². The zero-order chi connectivity index (χ0) is 51.4. The molecule has 1 amide bonds. The van der Waals surface area contributed by atoms with Gasteiger partial charge < -0.3 is 20.3 Å². The molecule has 2 atom stereocenters. The lowest BCUT2D eigenvalue weighted by molar-refractivity contribution is -0.143. The molecule has 0 aromatic carbocycles. The highest BCUT2D eigenvalue weighted by Gasteiger charge is 2.18. The molecule has 0 heterocycles. The average molecular weight is 1000 g/mol. The number of carbonyl (C=O) groups excluding carboxylic acids is 2. The SMILES string of the molecule is CCCCCCCC/C=C\CCCCCCCCCCCC(=O)OCCCCCCCCCCCCCCCCC(=O)NC(CO)C(O)/C=C/CCCCCCCCCCCCCCCCCCCCC. The van der Waals surface area contributed by atoms with Crippen molar-refractivity contribution in [2.45, 2.75) is 366 Å². The Kier molecular flexibility index (Phi) is 59.5. The predicted octanol–water partition coefficient (Wildman–Crippen LogP) is 20.2. The lowest BCUT2D eigenvalue weighted by atomic mass is 10.0. The summed E-state index contributed by atoms with van der Waals surface area (Å²) in [5, 5.41) is 23.2. The summed E-state index contributed by atoms with van der Waals surface area (Å²) in [5.41, 5.74) is 0. The van der Waals surface area contributed by atoms with Crippen LogP contribution in [0.4, 0.5) is 0 Å². The second kappa shape index (κ2) is 60.9. The number of carbonyl (C=O) groups is 2. The molecule has 6 nitrogen and oxygen atoms in total. The van der Waals surface area contributed by atoms with E-state index in [-0.39, 0.29) is 18.5 Å². The van der Waals surface area contributed by atoms with Gasteiger partial charge in [0.25, 0.3) is 0 Å². The number of allylic oxidation sites excluding steroid dienone is 3. The number of aliphatic hydroxyl groups excluding tert-OH is 2. The molecule has 0 aliphatic carbocycles. The predicted molar refractivity (Wildman–Crippen MR) is 310 cm³/mol. The van der Waals surface area contributed by atoms with E-state index in [0.717, 1.165) is 57.8 Å². The molecule has 0 rings (SSSR count). The Morgan fingerprint density at radius 2 is 0.662 bits per heavy atom. The van der Waals surface area contributed by atoms with Crippen LogP contribution in [0.3, 0.4) is 0 Å². The molecule has 0 aromatic heterocycles. The van der Waals surface area contributed by atoms with Gasteiger partial charge in [-0.3, -0.25) is 9.59 Å². The normalized spacial score (nSPS) is 12.7. The second-order valence-electron chi connectivity index (χ2n) is 22.1. The van der Waals surface area contributed by atoms with Crippen molar-refractivity contribution in [1.82, 2.24) is 5.32 Å². The molecule has 0 saturated heterocycles. The molecule has 0 aromatic rings. The largest absolute Gasteiger partial charge is 0.466 e. The highest BCUT2D eigenvalue weighted by atomic mass is 16.5. The lowest BCUT2D eigenvalue weighted by Gasteiger charge is -2.20. The molecule has 71 heavy (non-hydrogen) atoms. The number of rotatable bonds is 60. The van der Waals surface area contributed by atoms with E-state index >= 15 is 0 Å². The highest BCUT2D eigenvalue weighted by Crippen LogP contribution is 2.18. The van der Waals surface area contributed by atoms with Gasteiger partial charge in [0.1, 0.15) is 0 Å². The molecular weight excluding hydrogens is 875 g/mol. The van der Waals surface area contributed by atoms with Crippen LogP contribution in [0.1, 0.15) is 354 Å². The third kappa shape index (κ3) is 57.5. The molecule has 2 unspecified atom stereocenters. The number of nitrogens with one attached hydrogen (secondary N) is 1. The van der Waals surface area contributed by atoms with Gasteiger partial charge in [-0.25, -0.2) is 0 Å². The molecule has 6 heteroatoms. The Balaban J connectivity index is 3.45. The van der Waals surface area contributed by atoms with E-state index in [1.54, 1.807) is 6.08 Å². The fourth-order valence-electron chi connectivity index (χ4n) is 10.0. The van der Waals surface area contributed by atoms with E-state index in [4.69, 9.17) is 4.74 Å². The minimum absolute atomic E-state index is 0.00297. The molecule has 0 fully saturated rings. The summed E-state index contributed by atoms with van der Waals surface area (Å²) in [5.74, 6) is -0.0780. The Morgan fingerprint density at radius 1 is 0.380 bits per heavy atom. The van der Waals surface area contributed by atoms with Crippen molar-refractivity contribution < 1.29 is 24.5 Å². The number of hydrogen-bond acceptors (Lipinski definition) is 5. The van der Waals surface area contributed by atoms with E-state index in [2.05, 4.69) is 31.3 Å². The van der Waals surface area contributed by atoms with Gasteiger partial charge in [-0.15, -0.1) is 0 Å². The first-order valence-corrected chi connectivity index (χ1v) is 32.1. The summed E-state index contributed by atoms with van der Waals surface area (Å²) < 4.78 is 5.49. The maximum absolute atomic E-state index is 12.5. The van der Waals surface area contributed by atoms with Crippen molar-refractivity contribution in [2.75, 3.05) is 13.2 Å². The van der Waals surface area contributed by atoms with Gasteiger partial charge in [0, 0.05) is 12.8 Å². The van der Waals surface area contributed by atoms with Gasteiger partial charge in [-0.1, -0.05) is 308 Å². The van der Waals surface area contributed by atoms with Crippen molar-refractivity contribution >= 4 is 11.9 Å². The van der Waals surface area contributed by atoms with E-state index in [1.807, 2.05) is 6.08 Å². The maximum Gasteiger partial charge on any atom is 0.305 e. The van der Waals surface area contributed by atoms with Crippen LogP contribution in [0.2, 0.25) is 0 Å². The molecule has 0 spiro atoms. The van der Waals surface area contributed by atoms with E-state index in [0.29, 0.717) is 19.4 Å². The number of aliphatic hydroxyl groups is 2. The van der Waals surface area contributed by atoms with Gasteiger partial charge in [-0.05, 0) is 57.8 Å². The van der Waals surface area contributed by atoms with Crippen LogP contribution >= 0.6 is 0 Å². The van der Waals surface area contributed by atoms with Crippen molar-refractivity contribution in [3.8, 4) is 0 Å². The van der Waals surface area contributed by atoms with Crippen LogP contribution in [-0.4, -0.2) is 47.4 Å². The van der Waals surface area contributed by atoms with Crippen LogP contribution in [0.15, 0.2) is 24.3 Å². The van der Waals surface area contributed by atoms with Crippen molar-refractivity contribution in [1.29, 1.82) is 0 Å². The summed E-state index contributed by atoms with van der Waals surface area (Å²) in [6, 6.07) is -0.637.